The van der Waals surface area contributed by atoms with Crippen molar-refractivity contribution in [3.63, 3.8) is 0 Å². The fraction of sp³-hybridized carbons (Fsp3) is 0.833. The Bertz CT molecular complexity index is 112. The van der Waals surface area contributed by atoms with Crippen LogP contribution in [0.5, 0.6) is 0 Å². The van der Waals surface area contributed by atoms with Gasteiger partial charge in [0.1, 0.15) is 0 Å². The highest BCUT2D eigenvalue weighted by Gasteiger charge is 2.06. The van der Waals surface area contributed by atoms with Gasteiger partial charge in [-0.05, 0) is 20.8 Å². The number of hydrogen-bond acceptors (Lipinski definition) is 3. The third-order valence-corrected chi connectivity index (χ3v) is 0.809. The van der Waals surface area contributed by atoms with Crippen LogP contribution in [0.3, 0.4) is 0 Å². The molecule has 0 aromatic rings. The summed E-state index contributed by atoms with van der Waals surface area (Å²) in [4.78, 5) is 15.5. The highest BCUT2D eigenvalue weighted by molar-refractivity contribution is 5.79. The molecule has 0 radical (unpaired) electrons. The van der Waals surface area contributed by atoms with Crippen molar-refractivity contribution in [2.75, 3.05) is 0 Å². The first kappa shape index (κ1) is 9.39. The third-order valence-electron chi connectivity index (χ3n) is 0.809. The number of rotatable bonds is 3. The molecule has 0 rings (SSSR count). The van der Waals surface area contributed by atoms with E-state index in [9.17, 15) is 4.79 Å². The zero-order valence-electron chi connectivity index (χ0n) is 6.55. The van der Waals surface area contributed by atoms with E-state index in [1.165, 1.54) is 0 Å². The van der Waals surface area contributed by atoms with Gasteiger partial charge in [0.15, 0.2) is 0 Å². The van der Waals surface area contributed by atoms with Gasteiger partial charge in [-0.15, -0.1) is 0 Å². The van der Waals surface area contributed by atoms with Gasteiger partial charge in [0, 0.05) is 0 Å². The average Bonchev–Trinajstić information content (AvgIpc) is 1.82. The minimum absolute atomic E-state index is 0.0114. The summed E-state index contributed by atoms with van der Waals surface area (Å²) < 4.78 is 0. The first-order valence-corrected chi connectivity index (χ1v) is 3.25. The molecule has 0 aliphatic carbocycles. The number of carbonyl (C=O) groups is 1. The number of nitrogens with one attached hydrogen (secondary N) is 1. The molecule has 1 atom stereocenters. The SMILES string of the molecule is CC(C)ONC(=O)C(C)N. The smallest absolute Gasteiger partial charge is 0.260 e. The Balaban J connectivity index is 3.40. The number of nitrogens with two attached hydrogens (primary N) is 1. The van der Waals surface area contributed by atoms with Gasteiger partial charge in [0.2, 0.25) is 0 Å². The fourth-order valence-corrected chi connectivity index (χ4v) is 0.269. The maximum Gasteiger partial charge on any atom is 0.260 e. The Morgan fingerprint density at radius 3 is 2.30 bits per heavy atom. The lowest BCUT2D eigenvalue weighted by Crippen LogP contribution is -2.39. The van der Waals surface area contributed by atoms with Crippen molar-refractivity contribution in [3.8, 4) is 0 Å². The summed E-state index contributed by atoms with van der Waals surface area (Å²) in [7, 11) is 0. The molecule has 1 unspecified atom stereocenters. The minimum Gasteiger partial charge on any atom is -0.320 e. The predicted octanol–water partition coefficient (Wildman–Crippen LogP) is -0.210. The van der Waals surface area contributed by atoms with E-state index in [0.717, 1.165) is 0 Å². The van der Waals surface area contributed by atoms with Crippen molar-refractivity contribution >= 4 is 5.91 Å². The lowest BCUT2D eigenvalue weighted by Gasteiger charge is -2.09. The molecule has 4 nitrogen and oxygen atoms in total. The van der Waals surface area contributed by atoms with Crippen LogP contribution in [0.2, 0.25) is 0 Å². The lowest BCUT2D eigenvalue weighted by molar-refractivity contribution is -0.137. The molecule has 0 aromatic heterocycles. The molecule has 60 valence electrons. The summed E-state index contributed by atoms with van der Waals surface area (Å²) >= 11 is 0. The summed E-state index contributed by atoms with van der Waals surface area (Å²) in [6, 6.07) is -0.515. The van der Waals surface area contributed by atoms with E-state index in [4.69, 9.17) is 10.6 Å². The maximum absolute atomic E-state index is 10.7. The Hall–Kier alpha value is -0.610. The van der Waals surface area contributed by atoms with Crippen molar-refractivity contribution < 1.29 is 9.63 Å². The molecule has 4 heteroatoms. The van der Waals surface area contributed by atoms with Crippen LogP contribution in [0.15, 0.2) is 0 Å². The minimum atomic E-state index is -0.515. The molecule has 0 aliphatic heterocycles. The molecule has 0 bridgehead atoms. The Morgan fingerprint density at radius 2 is 2.00 bits per heavy atom. The average molecular weight is 146 g/mol. The van der Waals surface area contributed by atoms with Gasteiger partial charge < -0.3 is 5.73 Å². The van der Waals surface area contributed by atoms with E-state index >= 15 is 0 Å². The molecule has 0 aromatic carbocycles. The summed E-state index contributed by atoms with van der Waals surface area (Å²) in [5.41, 5.74) is 7.45. The summed E-state index contributed by atoms with van der Waals surface area (Å²) in [6.07, 6.45) is -0.0114. The van der Waals surface area contributed by atoms with E-state index < -0.39 is 6.04 Å². The first-order valence-electron chi connectivity index (χ1n) is 3.25. The first-order chi connectivity index (χ1) is 4.54. The summed E-state index contributed by atoms with van der Waals surface area (Å²) in [5, 5.41) is 0. The predicted molar refractivity (Wildman–Crippen MR) is 38.0 cm³/mol. The second-order valence-electron chi connectivity index (χ2n) is 2.42. The van der Waals surface area contributed by atoms with E-state index in [2.05, 4.69) is 5.48 Å². The third kappa shape index (κ3) is 4.29. The van der Waals surface area contributed by atoms with E-state index in [0.29, 0.717) is 0 Å². The molecule has 3 N–H and O–H groups in total. The molecule has 1 amide bonds. The molecule has 0 spiro atoms. The lowest BCUT2D eigenvalue weighted by atomic mass is 10.4. The summed E-state index contributed by atoms with van der Waals surface area (Å²) in [6.45, 7) is 5.24. The van der Waals surface area contributed by atoms with Gasteiger partial charge in [-0.1, -0.05) is 0 Å². The van der Waals surface area contributed by atoms with Crippen molar-refractivity contribution in [1.82, 2.24) is 5.48 Å². The van der Waals surface area contributed by atoms with Crippen LogP contribution >= 0.6 is 0 Å². The zero-order chi connectivity index (χ0) is 8.15. The maximum atomic E-state index is 10.7. The van der Waals surface area contributed by atoms with Crippen molar-refractivity contribution in [2.24, 2.45) is 5.73 Å². The van der Waals surface area contributed by atoms with Gasteiger partial charge >= 0.3 is 0 Å². The Labute approximate surface area is 60.7 Å². The molecule has 0 saturated heterocycles. The van der Waals surface area contributed by atoms with Gasteiger partial charge in [0.25, 0.3) is 5.91 Å². The van der Waals surface area contributed by atoms with Crippen LogP contribution in [0.25, 0.3) is 0 Å². The van der Waals surface area contributed by atoms with Crippen molar-refractivity contribution in [2.45, 2.75) is 32.9 Å². The van der Waals surface area contributed by atoms with Gasteiger partial charge in [-0.3, -0.25) is 9.63 Å². The number of carbonyl (C=O) groups excluding carboxylic acids is 1. The molecule has 0 heterocycles. The fourth-order valence-electron chi connectivity index (χ4n) is 0.269. The van der Waals surface area contributed by atoms with Crippen molar-refractivity contribution in [3.05, 3.63) is 0 Å². The van der Waals surface area contributed by atoms with Gasteiger partial charge in [-0.25, -0.2) is 5.48 Å². The molecule has 0 aliphatic rings. The highest BCUT2D eigenvalue weighted by Crippen LogP contribution is 1.83. The highest BCUT2D eigenvalue weighted by atomic mass is 16.7. The molecular formula is C6H14N2O2. The zero-order valence-corrected chi connectivity index (χ0v) is 6.55. The number of hydrogen-bond donors (Lipinski definition) is 2. The molecule has 0 saturated carbocycles. The van der Waals surface area contributed by atoms with Crippen LogP contribution in [-0.4, -0.2) is 18.1 Å². The Kier molecular flexibility index (Phi) is 3.99. The van der Waals surface area contributed by atoms with Crippen LogP contribution in [0, 0.1) is 0 Å². The van der Waals surface area contributed by atoms with Crippen LogP contribution in [-0.2, 0) is 9.63 Å². The van der Waals surface area contributed by atoms with Crippen LogP contribution in [0.4, 0.5) is 0 Å². The topological polar surface area (TPSA) is 64.3 Å². The monoisotopic (exact) mass is 146 g/mol. The van der Waals surface area contributed by atoms with Crippen LogP contribution < -0.4 is 11.2 Å². The van der Waals surface area contributed by atoms with Crippen LogP contribution in [0.1, 0.15) is 20.8 Å². The van der Waals surface area contributed by atoms with Crippen molar-refractivity contribution in [1.29, 1.82) is 0 Å². The van der Waals surface area contributed by atoms with E-state index in [-0.39, 0.29) is 12.0 Å². The molecule has 10 heavy (non-hydrogen) atoms. The Morgan fingerprint density at radius 1 is 1.50 bits per heavy atom. The van der Waals surface area contributed by atoms with E-state index in [1.54, 1.807) is 6.92 Å². The number of hydroxylamine groups is 1. The summed E-state index contributed by atoms with van der Waals surface area (Å²) in [5.74, 6) is -0.297. The van der Waals surface area contributed by atoms with E-state index in [1.807, 2.05) is 13.8 Å². The van der Waals surface area contributed by atoms with Gasteiger partial charge in [-0.2, -0.15) is 0 Å². The quantitative estimate of drug-likeness (QED) is 0.541. The second kappa shape index (κ2) is 4.24. The second-order valence-corrected chi connectivity index (χ2v) is 2.42. The normalized spacial score (nSPS) is 13.3. The number of amides is 1. The van der Waals surface area contributed by atoms with Gasteiger partial charge in [0.05, 0.1) is 12.1 Å². The largest absolute Gasteiger partial charge is 0.320 e. The molecule has 0 fully saturated rings. The molecular weight excluding hydrogens is 132 g/mol. The standard InChI is InChI=1S/C6H14N2O2/c1-4(2)10-8-6(9)5(3)7/h4-5H,7H2,1-3H3,(H,8,9).